The van der Waals surface area contributed by atoms with Crippen molar-refractivity contribution in [1.29, 1.82) is 0 Å². The Bertz CT molecular complexity index is 479. The fraction of sp³-hybridized carbons (Fsp3) is 0.588. The summed E-state index contributed by atoms with van der Waals surface area (Å²) in [7, 11) is 1.97. The first kappa shape index (κ1) is 19.7. The number of amides is 1. The maximum absolute atomic E-state index is 13.4. The molecule has 1 saturated heterocycles. The third-order valence-electron chi connectivity index (χ3n) is 4.09. The summed E-state index contributed by atoms with van der Waals surface area (Å²) in [4.78, 5) is 14.1. The average Bonchev–Trinajstić information content (AvgIpc) is 2.54. The molecule has 1 fully saturated rings. The van der Waals surface area contributed by atoms with E-state index in [1.165, 1.54) is 6.07 Å². The molecule has 0 spiro atoms. The summed E-state index contributed by atoms with van der Waals surface area (Å²) in [6.45, 7) is 3.08. The van der Waals surface area contributed by atoms with E-state index in [2.05, 4.69) is 5.32 Å². The molecule has 1 heterocycles. The van der Waals surface area contributed by atoms with Gasteiger partial charge in [0.15, 0.2) is 11.6 Å². The Morgan fingerprint density at radius 1 is 1.35 bits per heavy atom. The van der Waals surface area contributed by atoms with E-state index in [0.717, 1.165) is 32.5 Å². The minimum Gasteiger partial charge on any atom is -0.491 e. The molecule has 6 heteroatoms. The molecule has 0 saturated carbocycles. The van der Waals surface area contributed by atoms with Gasteiger partial charge in [0.2, 0.25) is 5.91 Å². The van der Waals surface area contributed by atoms with Crippen LogP contribution in [0.15, 0.2) is 24.3 Å². The lowest BCUT2D eigenvalue weighted by Crippen LogP contribution is -2.40. The maximum atomic E-state index is 13.4. The van der Waals surface area contributed by atoms with Crippen molar-refractivity contribution in [3.8, 4) is 5.75 Å². The van der Waals surface area contributed by atoms with E-state index in [9.17, 15) is 9.18 Å². The predicted molar refractivity (Wildman–Crippen MR) is 91.6 cm³/mol. The summed E-state index contributed by atoms with van der Waals surface area (Å²) in [6.07, 6.45) is 3.21. The van der Waals surface area contributed by atoms with Gasteiger partial charge in [0.05, 0.1) is 6.61 Å². The maximum Gasteiger partial charge on any atom is 0.222 e. The molecule has 0 radical (unpaired) electrons. The first-order valence-corrected chi connectivity index (χ1v) is 8.00. The second-order valence-electron chi connectivity index (χ2n) is 5.76. The van der Waals surface area contributed by atoms with Gasteiger partial charge in [0.25, 0.3) is 0 Å². The van der Waals surface area contributed by atoms with E-state index >= 15 is 0 Å². The summed E-state index contributed by atoms with van der Waals surface area (Å²) in [5, 5.41) is 3.19. The van der Waals surface area contributed by atoms with Crippen LogP contribution in [0.5, 0.6) is 5.75 Å². The highest BCUT2D eigenvalue weighted by Crippen LogP contribution is 2.18. The Labute approximate surface area is 143 Å². The molecular formula is C17H26ClFN2O2. The minimum atomic E-state index is -0.361. The van der Waals surface area contributed by atoms with Crippen molar-refractivity contribution in [2.75, 3.05) is 33.3 Å². The van der Waals surface area contributed by atoms with Crippen molar-refractivity contribution in [2.24, 2.45) is 5.92 Å². The van der Waals surface area contributed by atoms with Gasteiger partial charge in [-0.25, -0.2) is 4.39 Å². The Hall–Kier alpha value is -1.33. The van der Waals surface area contributed by atoms with E-state index in [-0.39, 0.29) is 29.9 Å². The molecule has 1 amide bonds. The van der Waals surface area contributed by atoms with Crippen molar-refractivity contribution in [2.45, 2.75) is 25.7 Å². The largest absolute Gasteiger partial charge is 0.491 e. The number of nitrogens with one attached hydrogen (secondary N) is 1. The van der Waals surface area contributed by atoms with E-state index in [1.807, 2.05) is 11.9 Å². The van der Waals surface area contributed by atoms with Gasteiger partial charge in [-0.05, 0) is 50.9 Å². The number of carbonyl (C=O) groups excluding carboxylic acids is 1. The third-order valence-corrected chi connectivity index (χ3v) is 4.09. The van der Waals surface area contributed by atoms with Gasteiger partial charge in [-0.2, -0.15) is 0 Å². The number of likely N-dealkylation sites (tertiary alicyclic amines) is 1. The van der Waals surface area contributed by atoms with Crippen molar-refractivity contribution in [1.82, 2.24) is 10.2 Å². The molecule has 130 valence electrons. The third kappa shape index (κ3) is 6.36. The number of benzene rings is 1. The van der Waals surface area contributed by atoms with Crippen LogP contribution in [0.25, 0.3) is 0 Å². The van der Waals surface area contributed by atoms with Crippen LogP contribution < -0.4 is 10.1 Å². The molecule has 1 aromatic rings. The van der Waals surface area contributed by atoms with Crippen LogP contribution in [0.2, 0.25) is 0 Å². The van der Waals surface area contributed by atoms with Crippen LogP contribution in [0.4, 0.5) is 4.39 Å². The highest BCUT2D eigenvalue weighted by Gasteiger charge is 2.21. The number of ether oxygens (including phenoxy) is 1. The smallest absolute Gasteiger partial charge is 0.222 e. The summed E-state index contributed by atoms with van der Waals surface area (Å²) >= 11 is 0. The van der Waals surface area contributed by atoms with Gasteiger partial charge in [0.1, 0.15) is 0 Å². The van der Waals surface area contributed by atoms with E-state index < -0.39 is 0 Å². The van der Waals surface area contributed by atoms with E-state index in [4.69, 9.17) is 4.74 Å². The lowest BCUT2D eigenvalue weighted by molar-refractivity contribution is -0.132. The lowest BCUT2D eigenvalue weighted by atomic mass is 9.96. The number of para-hydroxylation sites is 1. The van der Waals surface area contributed by atoms with Gasteiger partial charge in [-0.3, -0.25) is 4.79 Å². The Morgan fingerprint density at radius 3 is 2.70 bits per heavy atom. The van der Waals surface area contributed by atoms with Crippen LogP contribution in [-0.2, 0) is 4.79 Å². The van der Waals surface area contributed by atoms with Gasteiger partial charge in [-0.15, -0.1) is 12.4 Å². The molecule has 0 atom stereocenters. The normalized spacial score (nSPS) is 15.1. The molecule has 1 aliphatic rings. The van der Waals surface area contributed by atoms with Crippen LogP contribution in [0.1, 0.15) is 25.7 Å². The first-order chi connectivity index (χ1) is 10.7. The van der Waals surface area contributed by atoms with Crippen LogP contribution in [0.3, 0.4) is 0 Å². The quantitative estimate of drug-likeness (QED) is 0.773. The monoisotopic (exact) mass is 344 g/mol. The molecular weight excluding hydrogens is 319 g/mol. The SMILES string of the molecule is CNCC1CCN(C(=O)CCCOc2ccccc2F)CC1.Cl. The van der Waals surface area contributed by atoms with Crippen LogP contribution in [-0.4, -0.2) is 44.1 Å². The molecule has 2 rings (SSSR count). The molecule has 0 aliphatic carbocycles. The molecule has 1 aliphatic heterocycles. The minimum absolute atomic E-state index is 0. The molecule has 4 nitrogen and oxygen atoms in total. The second kappa shape index (κ2) is 10.4. The van der Waals surface area contributed by atoms with E-state index in [1.54, 1.807) is 18.2 Å². The number of rotatable bonds is 7. The molecule has 0 unspecified atom stereocenters. The number of carbonyl (C=O) groups is 1. The standard InChI is InChI=1S/C17H25FN2O2.ClH/c1-19-13-14-8-10-20(11-9-14)17(21)7-4-12-22-16-6-3-2-5-15(16)18;/h2-3,5-6,14,19H,4,7-13H2,1H3;1H. The summed E-state index contributed by atoms with van der Waals surface area (Å²) in [6, 6.07) is 6.34. The second-order valence-corrected chi connectivity index (χ2v) is 5.76. The topological polar surface area (TPSA) is 41.6 Å². The molecule has 0 aromatic heterocycles. The fourth-order valence-corrected chi connectivity index (χ4v) is 2.80. The van der Waals surface area contributed by atoms with Gasteiger partial charge in [-0.1, -0.05) is 12.1 Å². The van der Waals surface area contributed by atoms with E-state index in [0.29, 0.717) is 25.4 Å². The number of hydrogen-bond donors (Lipinski definition) is 1. The summed E-state index contributed by atoms with van der Waals surface area (Å²) in [5.41, 5.74) is 0. The fourth-order valence-electron chi connectivity index (χ4n) is 2.80. The molecule has 1 aromatic carbocycles. The number of nitrogens with zero attached hydrogens (tertiary/aromatic N) is 1. The molecule has 23 heavy (non-hydrogen) atoms. The van der Waals surface area contributed by atoms with Gasteiger partial charge in [0, 0.05) is 19.5 Å². The predicted octanol–water partition coefficient (Wildman–Crippen LogP) is 2.86. The van der Waals surface area contributed by atoms with Crippen LogP contribution in [0, 0.1) is 11.7 Å². The van der Waals surface area contributed by atoms with Crippen LogP contribution >= 0.6 is 12.4 Å². The van der Waals surface area contributed by atoms with Gasteiger partial charge >= 0.3 is 0 Å². The highest BCUT2D eigenvalue weighted by atomic mass is 35.5. The zero-order valence-corrected chi connectivity index (χ0v) is 14.4. The van der Waals surface area contributed by atoms with Crippen molar-refractivity contribution in [3.05, 3.63) is 30.1 Å². The number of hydrogen-bond acceptors (Lipinski definition) is 3. The molecule has 1 N–H and O–H groups in total. The Kier molecular flexibility index (Phi) is 8.95. The number of piperidine rings is 1. The summed E-state index contributed by atoms with van der Waals surface area (Å²) in [5.74, 6) is 0.752. The first-order valence-electron chi connectivity index (χ1n) is 8.00. The van der Waals surface area contributed by atoms with Crippen molar-refractivity contribution < 1.29 is 13.9 Å². The van der Waals surface area contributed by atoms with Crippen molar-refractivity contribution in [3.63, 3.8) is 0 Å². The lowest BCUT2D eigenvalue weighted by Gasteiger charge is -2.32. The van der Waals surface area contributed by atoms with Crippen molar-refractivity contribution >= 4 is 18.3 Å². The average molecular weight is 345 g/mol. The zero-order valence-electron chi connectivity index (χ0n) is 13.6. The molecule has 0 bridgehead atoms. The summed E-state index contributed by atoms with van der Waals surface area (Å²) < 4.78 is 18.7. The highest BCUT2D eigenvalue weighted by molar-refractivity contribution is 5.85. The Morgan fingerprint density at radius 2 is 2.04 bits per heavy atom. The Balaban J connectivity index is 0.00000264. The zero-order chi connectivity index (χ0) is 15.8. The van der Waals surface area contributed by atoms with Gasteiger partial charge < -0.3 is 15.0 Å². The number of halogens is 2.